The van der Waals surface area contributed by atoms with Crippen LogP contribution in [-0.2, 0) is 6.54 Å². The predicted octanol–water partition coefficient (Wildman–Crippen LogP) is 2.55. The number of benzene rings is 1. The van der Waals surface area contributed by atoms with Gasteiger partial charge in [0.05, 0.1) is 11.0 Å². The SMILES string of the molecule is Cc1cccc(Cn2cc(N)cc(Br)c2=O)c1. The van der Waals surface area contributed by atoms with Crippen LogP contribution in [0.5, 0.6) is 0 Å². The van der Waals surface area contributed by atoms with Gasteiger partial charge in [-0.25, -0.2) is 0 Å². The number of halogens is 1. The van der Waals surface area contributed by atoms with E-state index >= 15 is 0 Å². The number of nitrogens with two attached hydrogens (primary N) is 1. The first kappa shape index (κ1) is 11.9. The quantitative estimate of drug-likeness (QED) is 0.925. The molecule has 1 heterocycles. The summed E-state index contributed by atoms with van der Waals surface area (Å²) in [5, 5.41) is 0. The minimum atomic E-state index is -0.0688. The van der Waals surface area contributed by atoms with Gasteiger partial charge in [0.15, 0.2) is 0 Å². The minimum absolute atomic E-state index is 0.0688. The van der Waals surface area contributed by atoms with E-state index in [-0.39, 0.29) is 5.56 Å². The molecular formula is C13H13BrN2O. The Bertz CT molecular complexity index is 605. The number of nitrogens with zero attached hydrogens (tertiary/aromatic N) is 1. The first-order valence-corrected chi connectivity index (χ1v) is 6.06. The van der Waals surface area contributed by atoms with Gasteiger partial charge in [-0.3, -0.25) is 4.79 Å². The van der Waals surface area contributed by atoms with Gasteiger partial charge in [0, 0.05) is 11.9 Å². The molecule has 0 saturated carbocycles. The Morgan fingerprint density at radius 3 is 2.82 bits per heavy atom. The van der Waals surface area contributed by atoms with Crippen molar-refractivity contribution in [2.24, 2.45) is 0 Å². The lowest BCUT2D eigenvalue weighted by Crippen LogP contribution is -2.21. The zero-order valence-corrected chi connectivity index (χ0v) is 11.1. The molecule has 2 aromatic rings. The van der Waals surface area contributed by atoms with Crippen LogP contribution >= 0.6 is 15.9 Å². The number of pyridine rings is 1. The van der Waals surface area contributed by atoms with Crippen molar-refractivity contribution in [3.05, 3.63) is 62.5 Å². The lowest BCUT2D eigenvalue weighted by Gasteiger charge is -2.08. The van der Waals surface area contributed by atoms with Crippen molar-refractivity contribution in [3.8, 4) is 0 Å². The Morgan fingerprint density at radius 1 is 1.35 bits per heavy atom. The van der Waals surface area contributed by atoms with Gasteiger partial charge in [0.2, 0.25) is 0 Å². The number of aryl methyl sites for hydroxylation is 1. The second-order valence-electron chi connectivity index (χ2n) is 4.04. The van der Waals surface area contributed by atoms with Crippen molar-refractivity contribution in [1.29, 1.82) is 0 Å². The van der Waals surface area contributed by atoms with E-state index < -0.39 is 0 Å². The van der Waals surface area contributed by atoms with Crippen LogP contribution in [0.2, 0.25) is 0 Å². The van der Waals surface area contributed by atoms with E-state index in [0.717, 1.165) is 5.56 Å². The second kappa shape index (κ2) is 4.75. The van der Waals surface area contributed by atoms with Crippen LogP contribution in [0.25, 0.3) is 0 Å². The van der Waals surface area contributed by atoms with Gasteiger partial charge >= 0.3 is 0 Å². The third kappa shape index (κ3) is 2.77. The molecule has 4 heteroatoms. The first-order chi connectivity index (χ1) is 8.06. The van der Waals surface area contributed by atoms with Crippen molar-refractivity contribution in [2.75, 3.05) is 5.73 Å². The van der Waals surface area contributed by atoms with Crippen molar-refractivity contribution in [3.63, 3.8) is 0 Å². The summed E-state index contributed by atoms with van der Waals surface area (Å²) in [6.07, 6.45) is 1.66. The van der Waals surface area contributed by atoms with Gasteiger partial charge < -0.3 is 10.3 Å². The third-order valence-corrected chi connectivity index (χ3v) is 3.07. The van der Waals surface area contributed by atoms with Gasteiger partial charge in [0.25, 0.3) is 5.56 Å². The molecule has 0 fully saturated rings. The van der Waals surface area contributed by atoms with Crippen LogP contribution in [0.1, 0.15) is 11.1 Å². The number of anilines is 1. The molecule has 0 aliphatic carbocycles. The van der Waals surface area contributed by atoms with Crippen molar-refractivity contribution in [1.82, 2.24) is 4.57 Å². The third-order valence-electron chi connectivity index (χ3n) is 2.50. The molecule has 88 valence electrons. The Kier molecular flexibility index (Phi) is 3.33. The molecule has 2 N–H and O–H groups in total. The number of aromatic nitrogens is 1. The fourth-order valence-electron chi connectivity index (χ4n) is 1.75. The highest BCUT2D eigenvalue weighted by molar-refractivity contribution is 9.10. The van der Waals surface area contributed by atoms with E-state index in [1.54, 1.807) is 16.8 Å². The average molecular weight is 293 g/mol. The van der Waals surface area contributed by atoms with Gasteiger partial charge in [-0.2, -0.15) is 0 Å². The molecule has 0 atom stereocenters. The minimum Gasteiger partial charge on any atom is -0.398 e. The molecule has 0 aliphatic heterocycles. The van der Waals surface area contributed by atoms with E-state index in [9.17, 15) is 4.79 Å². The van der Waals surface area contributed by atoms with E-state index in [0.29, 0.717) is 16.7 Å². The number of nitrogen functional groups attached to an aromatic ring is 1. The summed E-state index contributed by atoms with van der Waals surface area (Å²) >= 11 is 3.21. The van der Waals surface area contributed by atoms with Gasteiger partial charge in [-0.15, -0.1) is 0 Å². The molecule has 0 amide bonds. The molecule has 0 unspecified atom stereocenters. The Hall–Kier alpha value is -1.55. The number of hydrogen-bond donors (Lipinski definition) is 1. The zero-order valence-electron chi connectivity index (χ0n) is 9.48. The molecule has 0 saturated heterocycles. The van der Waals surface area contributed by atoms with Crippen LogP contribution in [0.15, 0.2) is 45.8 Å². The molecule has 0 spiro atoms. The summed E-state index contributed by atoms with van der Waals surface area (Å²) in [5.74, 6) is 0. The van der Waals surface area contributed by atoms with Gasteiger partial charge in [-0.05, 0) is 34.5 Å². The normalized spacial score (nSPS) is 10.5. The van der Waals surface area contributed by atoms with E-state index in [1.807, 2.05) is 25.1 Å². The van der Waals surface area contributed by atoms with Gasteiger partial charge in [0.1, 0.15) is 0 Å². The summed E-state index contributed by atoms with van der Waals surface area (Å²) in [5.41, 5.74) is 8.49. The molecule has 0 aliphatic rings. The molecule has 1 aromatic heterocycles. The van der Waals surface area contributed by atoms with Crippen molar-refractivity contribution >= 4 is 21.6 Å². The van der Waals surface area contributed by atoms with Crippen LogP contribution < -0.4 is 11.3 Å². The molecule has 1 aromatic carbocycles. The fourth-order valence-corrected chi connectivity index (χ4v) is 2.24. The molecule has 2 rings (SSSR count). The Morgan fingerprint density at radius 2 is 2.12 bits per heavy atom. The average Bonchev–Trinajstić information content (AvgIpc) is 2.25. The first-order valence-electron chi connectivity index (χ1n) is 5.27. The summed E-state index contributed by atoms with van der Waals surface area (Å²) in [6.45, 7) is 2.56. The highest BCUT2D eigenvalue weighted by atomic mass is 79.9. The summed E-state index contributed by atoms with van der Waals surface area (Å²) < 4.78 is 2.10. The summed E-state index contributed by atoms with van der Waals surface area (Å²) in [4.78, 5) is 11.9. The monoisotopic (exact) mass is 292 g/mol. The lowest BCUT2D eigenvalue weighted by atomic mass is 10.1. The van der Waals surface area contributed by atoms with E-state index in [4.69, 9.17) is 5.73 Å². The van der Waals surface area contributed by atoms with Crippen molar-refractivity contribution in [2.45, 2.75) is 13.5 Å². The molecular weight excluding hydrogens is 280 g/mol. The van der Waals surface area contributed by atoms with Crippen molar-refractivity contribution < 1.29 is 0 Å². The predicted molar refractivity (Wildman–Crippen MR) is 73.1 cm³/mol. The summed E-state index contributed by atoms with van der Waals surface area (Å²) in [6, 6.07) is 9.69. The molecule has 0 bridgehead atoms. The largest absolute Gasteiger partial charge is 0.398 e. The molecule has 0 radical (unpaired) electrons. The smallest absolute Gasteiger partial charge is 0.265 e. The van der Waals surface area contributed by atoms with E-state index in [2.05, 4.69) is 22.0 Å². The van der Waals surface area contributed by atoms with Crippen LogP contribution in [0.4, 0.5) is 5.69 Å². The Balaban J connectivity index is 2.40. The fraction of sp³-hybridized carbons (Fsp3) is 0.154. The maximum Gasteiger partial charge on any atom is 0.265 e. The van der Waals surface area contributed by atoms with Crippen LogP contribution in [0, 0.1) is 6.92 Å². The Labute approximate surface area is 108 Å². The lowest BCUT2D eigenvalue weighted by molar-refractivity contribution is 0.756. The maximum absolute atomic E-state index is 11.9. The highest BCUT2D eigenvalue weighted by Gasteiger charge is 2.03. The standard InChI is InChI=1S/C13H13BrN2O/c1-9-3-2-4-10(5-9)7-16-8-11(15)6-12(14)13(16)17/h2-6,8H,7,15H2,1H3. The molecule has 3 nitrogen and oxygen atoms in total. The number of hydrogen-bond acceptors (Lipinski definition) is 2. The maximum atomic E-state index is 11.9. The topological polar surface area (TPSA) is 48.0 Å². The highest BCUT2D eigenvalue weighted by Crippen LogP contribution is 2.10. The van der Waals surface area contributed by atoms with Crippen LogP contribution in [0.3, 0.4) is 0 Å². The van der Waals surface area contributed by atoms with Gasteiger partial charge in [-0.1, -0.05) is 29.8 Å². The molecule has 17 heavy (non-hydrogen) atoms. The van der Waals surface area contributed by atoms with E-state index in [1.165, 1.54) is 5.56 Å². The second-order valence-corrected chi connectivity index (χ2v) is 4.90. The summed E-state index contributed by atoms with van der Waals surface area (Å²) in [7, 11) is 0. The number of rotatable bonds is 2. The zero-order chi connectivity index (χ0) is 12.4. The van der Waals surface area contributed by atoms with Crippen LogP contribution in [-0.4, -0.2) is 4.57 Å².